The molecular formula is C123H71N7O3. The summed E-state index contributed by atoms with van der Waals surface area (Å²) in [6.07, 6.45) is 5.57. The molecule has 0 N–H and O–H groups in total. The lowest BCUT2D eigenvalue weighted by Crippen LogP contribution is -1.96. The zero-order chi connectivity index (χ0) is 87.3. The Bertz CT molecular complexity index is 9600. The highest BCUT2D eigenvalue weighted by Gasteiger charge is 2.33. The van der Waals surface area contributed by atoms with Crippen molar-refractivity contribution >= 4 is 174 Å². The fourth-order valence-electron chi connectivity index (χ4n) is 21.1. The Balaban J connectivity index is 0.000000102. The van der Waals surface area contributed by atoms with Gasteiger partial charge in [-0.3, -0.25) is 9.97 Å². The topological polar surface area (TPSA) is 130 Å². The average Bonchev–Trinajstić information content (AvgIpc) is 1.71. The third-order valence-corrected chi connectivity index (χ3v) is 26.8. The van der Waals surface area contributed by atoms with Crippen molar-refractivity contribution < 1.29 is 13.3 Å². The molecule has 133 heavy (non-hydrogen) atoms. The largest absolute Gasteiger partial charge is 0.455 e. The molecule has 0 saturated carbocycles. The number of aromatic nitrogens is 7. The summed E-state index contributed by atoms with van der Waals surface area (Å²) in [4.78, 5) is 35.2. The molecule has 0 amide bonds. The molecule has 10 heterocycles. The van der Waals surface area contributed by atoms with Crippen molar-refractivity contribution in [3.8, 4) is 113 Å². The fourth-order valence-corrected chi connectivity index (χ4v) is 21.1. The summed E-state index contributed by atoms with van der Waals surface area (Å²) in [7, 11) is 0. The molecule has 0 aliphatic carbocycles. The molecule has 0 bridgehead atoms. The fraction of sp³-hybridized carbons (Fsp3) is 0. The highest BCUT2D eigenvalue weighted by Crippen LogP contribution is 2.56. The van der Waals surface area contributed by atoms with Gasteiger partial charge in [-0.25, -0.2) is 24.9 Å². The van der Waals surface area contributed by atoms with Crippen LogP contribution in [0.5, 0.6) is 0 Å². The minimum Gasteiger partial charge on any atom is -0.455 e. The SMILES string of the molecule is c1ccc2c3c(-c4c5ccccc5c(-c5nc6ccccc6c6ccccc56)c5ccccc45)oc4ccccc4c-3nc2c1.c1cnc2c(c1)ccc1ccc(-c3c4ccccc4c(-c4oc5ccccc5c5nc6ccccc6c4-5)c4ccccc34)nc12.c1cncc(-c2cccc(-c3c4ccccc4c(-c4oc5ccccc5c5nc6ccccc6c4-5)c4ccccc34)c2)c1. The highest BCUT2D eigenvalue weighted by atomic mass is 16.3. The van der Waals surface area contributed by atoms with Gasteiger partial charge in [0.1, 0.15) is 34.0 Å². The second kappa shape index (κ2) is 30.4. The van der Waals surface area contributed by atoms with Crippen LogP contribution in [0, 0.1) is 0 Å². The molecule has 0 atom stereocenters. The zero-order valence-electron chi connectivity index (χ0n) is 71.3. The molecule has 4 aromatic heterocycles. The van der Waals surface area contributed by atoms with E-state index >= 15 is 0 Å². The zero-order valence-corrected chi connectivity index (χ0v) is 71.3. The molecule has 10 heteroatoms. The predicted molar refractivity (Wildman–Crippen MR) is 549 cm³/mol. The van der Waals surface area contributed by atoms with E-state index in [0.717, 1.165) is 259 Å². The Morgan fingerprint density at radius 1 is 0.173 bits per heavy atom. The van der Waals surface area contributed by atoms with E-state index in [2.05, 4.69) is 345 Å². The van der Waals surface area contributed by atoms with Crippen molar-refractivity contribution in [3.05, 3.63) is 431 Å². The van der Waals surface area contributed by atoms with E-state index < -0.39 is 0 Å². The summed E-state index contributed by atoms with van der Waals surface area (Å²) in [5.41, 5.74) is 26.2. The van der Waals surface area contributed by atoms with Crippen LogP contribution in [0.1, 0.15) is 0 Å². The van der Waals surface area contributed by atoms with Gasteiger partial charge in [-0.2, -0.15) is 0 Å². The molecular weight excluding hydrogens is 1620 g/mol. The van der Waals surface area contributed by atoms with Gasteiger partial charge in [0.05, 0.1) is 78.3 Å². The van der Waals surface area contributed by atoms with E-state index in [4.69, 9.17) is 43.2 Å². The van der Waals surface area contributed by atoms with Crippen molar-refractivity contribution in [2.75, 3.05) is 0 Å². The van der Waals surface area contributed by atoms with Crippen LogP contribution < -0.4 is 0 Å². The van der Waals surface area contributed by atoms with Gasteiger partial charge < -0.3 is 13.3 Å². The number of pyridine rings is 4. The summed E-state index contributed by atoms with van der Waals surface area (Å²) in [5.74, 6) is 2.52. The molecule has 10 nitrogen and oxygen atoms in total. The van der Waals surface area contributed by atoms with Gasteiger partial charge in [-0.05, 0) is 172 Å². The third kappa shape index (κ3) is 11.9. The lowest BCUT2D eigenvalue weighted by atomic mass is 9.85. The van der Waals surface area contributed by atoms with Gasteiger partial charge in [0, 0.05) is 106 Å². The first-order valence-corrected chi connectivity index (χ1v) is 44.9. The van der Waals surface area contributed by atoms with Crippen LogP contribution in [0.2, 0.25) is 0 Å². The first-order valence-electron chi connectivity index (χ1n) is 44.9. The smallest absolute Gasteiger partial charge is 0.146 e. The molecule has 6 aliphatic heterocycles. The summed E-state index contributed by atoms with van der Waals surface area (Å²) in [5, 5.41) is 25.6. The number of fused-ring (bicyclic) bond motifs is 27. The lowest BCUT2D eigenvalue weighted by molar-refractivity contribution is 0.623. The van der Waals surface area contributed by atoms with Crippen molar-refractivity contribution in [2.24, 2.45) is 0 Å². The average molecular weight is 1690 g/mol. The normalized spacial score (nSPS) is 11.9. The van der Waals surface area contributed by atoms with Crippen molar-refractivity contribution in [1.82, 2.24) is 34.9 Å². The van der Waals surface area contributed by atoms with Crippen LogP contribution in [-0.2, 0) is 0 Å². The van der Waals surface area contributed by atoms with E-state index in [9.17, 15) is 0 Å². The van der Waals surface area contributed by atoms with Gasteiger partial charge in [-0.1, -0.05) is 328 Å². The van der Waals surface area contributed by atoms with Gasteiger partial charge in [0.25, 0.3) is 0 Å². The van der Waals surface area contributed by atoms with Crippen LogP contribution in [0.4, 0.5) is 0 Å². The maximum Gasteiger partial charge on any atom is 0.146 e. The quantitative estimate of drug-likeness (QED) is 0.112. The highest BCUT2D eigenvalue weighted by molar-refractivity contribution is 6.29. The van der Waals surface area contributed by atoms with Gasteiger partial charge in [-0.15, -0.1) is 0 Å². The third-order valence-electron chi connectivity index (χ3n) is 26.8. The Morgan fingerprint density at radius 3 is 0.902 bits per heavy atom. The monoisotopic (exact) mass is 1690 g/mol. The molecule has 616 valence electrons. The molecule has 19 aromatic carbocycles. The molecule has 0 spiro atoms. The predicted octanol–water partition coefficient (Wildman–Crippen LogP) is 33.0. The Hall–Kier alpha value is -18.0. The van der Waals surface area contributed by atoms with E-state index in [-0.39, 0.29) is 0 Å². The van der Waals surface area contributed by atoms with Gasteiger partial charge in [0.2, 0.25) is 0 Å². The minimum absolute atomic E-state index is 0.815. The van der Waals surface area contributed by atoms with Crippen LogP contribution >= 0.6 is 0 Å². The minimum atomic E-state index is 0.815. The molecule has 6 aliphatic rings. The summed E-state index contributed by atoms with van der Waals surface area (Å²) in [6, 6.07) is 144. The number of hydrogen-bond donors (Lipinski definition) is 0. The molecule has 0 radical (unpaired) electrons. The first-order chi connectivity index (χ1) is 66.0. The number of benzene rings is 19. The molecule has 0 unspecified atom stereocenters. The standard InChI is InChI=1S/C42H24N2O.C41H23N3O.C40H24N2O/c1-6-19-31-25(13-1)26-14-7-10-22-34(26)43-40(31)37-27-15-2-4-17-29(27)38(30-18-5-3-16-28(30)37)42-39-32-20-8-11-23-35(32)44-41(39)33-21-9-12-24-36(33)45-42;1-3-13-28-26(11-1)35(33-22-21-25-20-19-24-10-9-23-42-38(24)39(25)44-33)27-12-2-4-14-29(27)36(28)41-37-30-15-5-7-17-32(30)43-40(37)31-16-6-8-18-34(31)45-41;1-3-16-30-28(14-1)36(26-12-9-11-25(23-26)27-13-10-22-41-24-27)29-15-2-4-17-31(29)37(30)40-38-32-18-5-7-20-34(32)42-39(38)33-19-6-8-21-35(33)43-40/h1-24H;1-23H;1-24H. The van der Waals surface area contributed by atoms with E-state index in [1.165, 1.54) is 27.3 Å². The summed E-state index contributed by atoms with van der Waals surface area (Å²) >= 11 is 0. The van der Waals surface area contributed by atoms with Crippen molar-refractivity contribution in [1.29, 1.82) is 0 Å². The second-order valence-corrected chi connectivity index (χ2v) is 34.1. The van der Waals surface area contributed by atoms with Crippen molar-refractivity contribution in [2.45, 2.75) is 0 Å². The molecule has 0 saturated heterocycles. The molecule has 0 fully saturated rings. The second-order valence-electron chi connectivity index (χ2n) is 34.1. The van der Waals surface area contributed by atoms with Crippen LogP contribution in [-0.4, -0.2) is 34.9 Å². The molecule has 29 rings (SSSR count). The number of para-hydroxylation sites is 7. The van der Waals surface area contributed by atoms with E-state index in [1.54, 1.807) is 0 Å². The summed E-state index contributed by atoms with van der Waals surface area (Å²) in [6.45, 7) is 0. The summed E-state index contributed by atoms with van der Waals surface area (Å²) < 4.78 is 20.8. The van der Waals surface area contributed by atoms with Crippen molar-refractivity contribution in [3.63, 3.8) is 0 Å². The van der Waals surface area contributed by atoms with E-state index in [0.29, 0.717) is 0 Å². The number of rotatable bonds is 7. The van der Waals surface area contributed by atoms with Crippen LogP contribution in [0.3, 0.4) is 0 Å². The number of hydrogen-bond acceptors (Lipinski definition) is 10. The maximum absolute atomic E-state index is 6.96. The maximum atomic E-state index is 6.96. The van der Waals surface area contributed by atoms with Crippen LogP contribution in [0.15, 0.2) is 444 Å². The van der Waals surface area contributed by atoms with Crippen LogP contribution in [0.25, 0.3) is 286 Å². The Morgan fingerprint density at radius 2 is 0.481 bits per heavy atom. The molecule has 23 aromatic rings. The van der Waals surface area contributed by atoms with Gasteiger partial charge in [0.15, 0.2) is 0 Å². The Kier molecular flexibility index (Phi) is 17.2. The lowest BCUT2D eigenvalue weighted by Gasteiger charge is -2.20. The van der Waals surface area contributed by atoms with E-state index in [1.807, 2.05) is 91.4 Å². The first kappa shape index (κ1) is 75.2. The van der Waals surface area contributed by atoms with Gasteiger partial charge >= 0.3 is 0 Å². The number of nitrogens with zero attached hydrogens (tertiary/aromatic N) is 7. The Labute approximate surface area is 760 Å².